The van der Waals surface area contributed by atoms with Crippen LogP contribution in [0.15, 0.2) is 23.4 Å². The minimum atomic E-state index is -4.80. The second-order valence-electron chi connectivity index (χ2n) is 3.68. The summed E-state index contributed by atoms with van der Waals surface area (Å²) in [4.78, 5) is 6.93. The Kier molecular flexibility index (Phi) is 3.75. The van der Waals surface area contributed by atoms with Crippen LogP contribution in [0.3, 0.4) is 0 Å². The Labute approximate surface area is 106 Å². The maximum absolute atomic E-state index is 12.1. The van der Waals surface area contributed by atoms with E-state index in [1.807, 2.05) is 6.92 Å². The number of benzene rings is 1. The summed E-state index contributed by atoms with van der Waals surface area (Å²) in [5, 5.41) is 0.276. The van der Waals surface area contributed by atoms with Crippen molar-refractivity contribution in [1.82, 2.24) is 9.97 Å². The molecular weight excluding hydrogens is 264 g/mol. The first-order valence-electron chi connectivity index (χ1n) is 5.44. The highest BCUT2D eigenvalue weighted by Gasteiger charge is 2.23. The number of imidazole rings is 1. The van der Waals surface area contributed by atoms with Crippen LogP contribution in [-0.4, -0.2) is 29.2 Å². The predicted octanol–water partition coefficient (Wildman–Crippen LogP) is 3.44. The molecule has 1 heterocycles. The third-order valence-corrected chi connectivity index (χ3v) is 3.16. The van der Waals surface area contributed by atoms with E-state index in [2.05, 4.69) is 9.97 Å². The average Bonchev–Trinajstić information content (AvgIpc) is 2.68. The van der Waals surface area contributed by atoms with Crippen molar-refractivity contribution < 1.29 is 17.7 Å². The number of H-pyrrole nitrogens is 1. The lowest BCUT2D eigenvalue weighted by atomic mass is 9.98. The number of aromatic nitrogens is 2. The van der Waals surface area contributed by atoms with Gasteiger partial charge in [-0.05, 0) is 24.7 Å². The smallest absolute Gasteiger partial charge is 0.488 e. The molecule has 0 saturated heterocycles. The van der Waals surface area contributed by atoms with Gasteiger partial charge in [0.25, 0.3) is 0 Å². The van der Waals surface area contributed by atoms with Gasteiger partial charge >= 0.3 is 6.98 Å². The third kappa shape index (κ3) is 3.35. The van der Waals surface area contributed by atoms with Crippen molar-refractivity contribution in [3.63, 3.8) is 0 Å². The number of thioether (sulfide) groups is 1. The van der Waals surface area contributed by atoms with E-state index in [-0.39, 0.29) is 5.16 Å². The first-order chi connectivity index (χ1) is 8.48. The van der Waals surface area contributed by atoms with Gasteiger partial charge in [-0.2, -0.15) is 0 Å². The zero-order chi connectivity index (χ0) is 13.2. The summed E-state index contributed by atoms with van der Waals surface area (Å²) in [5.74, 6) is 0.672. The number of fused-ring (bicyclic) bond motifs is 1. The van der Waals surface area contributed by atoms with Crippen LogP contribution in [0, 0.1) is 0 Å². The molecule has 0 aliphatic heterocycles. The monoisotopic (exact) mass is 275 g/mol. The molecule has 0 amide bonds. The molecule has 0 fully saturated rings. The number of rotatable bonds is 5. The van der Waals surface area contributed by atoms with E-state index in [1.165, 1.54) is 0 Å². The fourth-order valence-electron chi connectivity index (χ4n) is 1.46. The van der Waals surface area contributed by atoms with E-state index >= 15 is 0 Å². The van der Waals surface area contributed by atoms with E-state index < -0.39 is 12.6 Å². The van der Waals surface area contributed by atoms with Crippen LogP contribution in [0.5, 0.6) is 5.75 Å². The van der Waals surface area contributed by atoms with Crippen LogP contribution in [0.25, 0.3) is 11.0 Å². The van der Waals surface area contributed by atoms with Gasteiger partial charge in [0.05, 0.1) is 17.6 Å². The molecule has 1 N–H and O–H groups in total. The van der Waals surface area contributed by atoms with E-state index in [4.69, 9.17) is 4.74 Å². The zero-order valence-corrected chi connectivity index (χ0v) is 10.4. The van der Waals surface area contributed by atoms with Gasteiger partial charge in [0.2, 0.25) is 0 Å². The number of ether oxygens (including phenoxy) is 1. The van der Waals surface area contributed by atoms with Gasteiger partial charge in [-0.3, -0.25) is 0 Å². The van der Waals surface area contributed by atoms with Gasteiger partial charge < -0.3 is 22.7 Å². The molecule has 2 aromatic rings. The standard InChI is InChI=1S/C10H11BF3N2OS/c1-2-17-7-3-4-8-9(5-7)16-10(15-8)18-6-11(12,13)14/h3-5H,2,6H2,1H3,(H,15,16)/q-1. The molecule has 18 heavy (non-hydrogen) atoms. The molecule has 0 unspecified atom stereocenters. The molecule has 98 valence electrons. The molecular formula is C10H11BF3N2OS-. The maximum atomic E-state index is 12.1. The highest BCUT2D eigenvalue weighted by Crippen LogP contribution is 2.26. The largest absolute Gasteiger partial charge is 0.494 e. The molecule has 0 bridgehead atoms. The average molecular weight is 275 g/mol. The molecule has 0 atom stereocenters. The lowest BCUT2D eigenvalue weighted by Gasteiger charge is -2.10. The summed E-state index contributed by atoms with van der Waals surface area (Å²) in [6.45, 7) is -2.39. The van der Waals surface area contributed by atoms with Crippen LogP contribution in [0.1, 0.15) is 6.92 Å². The van der Waals surface area contributed by atoms with Crippen LogP contribution in [-0.2, 0) is 0 Å². The number of halogens is 3. The molecule has 0 aliphatic rings. The lowest BCUT2D eigenvalue weighted by Crippen LogP contribution is -2.19. The number of hydrogen-bond donors (Lipinski definition) is 1. The van der Waals surface area contributed by atoms with Crippen molar-refractivity contribution in [2.45, 2.75) is 12.1 Å². The van der Waals surface area contributed by atoms with Gasteiger partial charge in [0, 0.05) is 6.07 Å². The van der Waals surface area contributed by atoms with E-state index in [9.17, 15) is 12.9 Å². The van der Waals surface area contributed by atoms with Crippen molar-refractivity contribution >= 4 is 29.8 Å². The minimum Gasteiger partial charge on any atom is -0.494 e. The zero-order valence-electron chi connectivity index (χ0n) is 9.62. The van der Waals surface area contributed by atoms with Crippen molar-refractivity contribution in [2.75, 3.05) is 12.3 Å². The molecule has 0 radical (unpaired) electrons. The Morgan fingerprint density at radius 2 is 2.17 bits per heavy atom. The molecule has 0 saturated carbocycles. The predicted molar refractivity (Wildman–Crippen MR) is 67.1 cm³/mol. The maximum Gasteiger partial charge on any atom is 0.488 e. The van der Waals surface area contributed by atoms with Crippen molar-refractivity contribution in [1.29, 1.82) is 0 Å². The van der Waals surface area contributed by atoms with Crippen molar-refractivity contribution in [3.8, 4) is 5.75 Å². The fourth-order valence-corrected chi connectivity index (χ4v) is 2.16. The van der Waals surface area contributed by atoms with Gasteiger partial charge in [-0.1, -0.05) is 0 Å². The molecule has 2 rings (SSSR count). The van der Waals surface area contributed by atoms with Gasteiger partial charge in [-0.15, -0.1) is 11.8 Å². The van der Waals surface area contributed by atoms with E-state index in [0.29, 0.717) is 35.2 Å². The topological polar surface area (TPSA) is 37.9 Å². The Bertz CT molecular complexity index is 543. The number of hydrogen-bond acceptors (Lipinski definition) is 3. The Morgan fingerprint density at radius 3 is 2.83 bits per heavy atom. The first-order valence-corrected chi connectivity index (χ1v) is 6.43. The number of nitrogens with one attached hydrogen (secondary N) is 1. The molecule has 8 heteroatoms. The molecule has 1 aromatic carbocycles. The second kappa shape index (κ2) is 5.13. The summed E-state index contributed by atoms with van der Waals surface area (Å²) < 4.78 is 41.7. The highest BCUT2D eigenvalue weighted by molar-refractivity contribution is 8.00. The molecule has 0 aliphatic carbocycles. The number of aromatic amines is 1. The first kappa shape index (κ1) is 13.1. The van der Waals surface area contributed by atoms with Crippen LogP contribution in [0.4, 0.5) is 12.9 Å². The van der Waals surface area contributed by atoms with Crippen LogP contribution >= 0.6 is 11.8 Å². The van der Waals surface area contributed by atoms with Gasteiger partial charge in [0.15, 0.2) is 5.16 Å². The second-order valence-corrected chi connectivity index (χ2v) is 4.68. The Morgan fingerprint density at radius 1 is 1.39 bits per heavy atom. The summed E-state index contributed by atoms with van der Waals surface area (Å²) in [5.41, 5.74) is 0.423. The normalized spacial score (nSPS) is 12.0. The number of nitrogens with zero attached hydrogens (tertiary/aromatic N) is 1. The van der Waals surface area contributed by atoms with Crippen molar-refractivity contribution in [3.05, 3.63) is 18.2 Å². The van der Waals surface area contributed by atoms with Crippen LogP contribution in [0.2, 0.25) is 0 Å². The fraction of sp³-hybridized carbons (Fsp3) is 0.300. The van der Waals surface area contributed by atoms with Crippen molar-refractivity contribution in [2.24, 2.45) is 0 Å². The minimum absolute atomic E-state index is 0.276. The quantitative estimate of drug-likeness (QED) is 0.671. The Balaban J connectivity index is 2.16. The van der Waals surface area contributed by atoms with Crippen LogP contribution < -0.4 is 4.74 Å². The van der Waals surface area contributed by atoms with E-state index in [0.717, 1.165) is 0 Å². The molecule has 1 aromatic heterocycles. The van der Waals surface area contributed by atoms with Gasteiger partial charge in [-0.25, -0.2) is 4.98 Å². The summed E-state index contributed by atoms with van der Waals surface area (Å²) >= 11 is 0.668. The highest BCUT2D eigenvalue weighted by atomic mass is 32.2. The summed E-state index contributed by atoms with van der Waals surface area (Å²) in [6, 6.07) is 5.20. The SMILES string of the molecule is CCOc1ccc2nc(SC[B-](F)(F)F)[nH]c2c1. The molecule has 3 nitrogen and oxygen atoms in total. The lowest BCUT2D eigenvalue weighted by molar-refractivity contribution is 0.340. The summed E-state index contributed by atoms with van der Waals surface area (Å²) in [6.07, 6.45) is 0. The Hall–Kier alpha value is -1.31. The summed E-state index contributed by atoms with van der Waals surface area (Å²) in [7, 11) is 0. The van der Waals surface area contributed by atoms with Gasteiger partial charge in [0.1, 0.15) is 5.75 Å². The molecule has 0 spiro atoms. The third-order valence-electron chi connectivity index (χ3n) is 2.15. The van der Waals surface area contributed by atoms with E-state index in [1.54, 1.807) is 18.2 Å².